The first kappa shape index (κ1) is 18.7. The van der Waals surface area contributed by atoms with Gasteiger partial charge in [-0.15, -0.1) is 0 Å². The summed E-state index contributed by atoms with van der Waals surface area (Å²) in [5.74, 6) is 0. The first-order chi connectivity index (χ1) is 12.9. The number of aryl methyl sites for hydroxylation is 1. The highest BCUT2D eigenvalue weighted by Crippen LogP contribution is 2.37. The van der Waals surface area contributed by atoms with E-state index in [1.165, 1.54) is 12.1 Å². The molecule has 0 amide bonds. The molecule has 0 unspecified atom stereocenters. The number of hydrogen-bond donors (Lipinski definition) is 0. The van der Waals surface area contributed by atoms with E-state index in [9.17, 15) is 13.2 Å². The summed E-state index contributed by atoms with van der Waals surface area (Å²) in [5, 5.41) is 0. The summed E-state index contributed by atoms with van der Waals surface area (Å²) >= 11 is 0. The van der Waals surface area contributed by atoms with Gasteiger partial charge in [-0.2, -0.15) is 13.2 Å². The van der Waals surface area contributed by atoms with E-state index in [0.717, 1.165) is 11.1 Å². The van der Waals surface area contributed by atoms with Gasteiger partial charge in [0, 0.05) is 0 Å². The Kier molecular flexibility index (Phi) is 5.60. The Bertz CT molecular complexity index is 947. The van der Waals surface area contributed by atoms with Gasteiger partial charge in [-0.1, -0.05) is 96.6 Å². The average Bonchev–Trinajstić information content (AvgIpc) is 2.66. The monoisotopic (exact) mass is 364 g/mol. The van der Waals surface area contributed by atoms with Crippen LogP contribution in [0.3, 0.4) is 0 Å². The molecule has 0 bridgehead atoms. The smallest absolute Gasteiger partial charge is 0.166 e. The normalized spacial score (nSPS) is 12.5. The van der Waals surface area contributed by atoms with Crippen LogP contribution in [0.5, 0.6) is 0 Å². The van der Waals surface area contributed by atoms with Crippen LogP contribution in [0, 0.1) is 6.92 Å². The maximum Gasteiger partial charge on any atom is 0.417 e. The van der Waals surface area contributed by atoms with Gasteiger partial charge in [-0.25, -0.2) is 0 Å². The molecule has 136 valence electrons. The fourth-order valence-corrected chi connectivity index (χ4v) is 2.78. The Hall–Kier alpha value is -3.07. The van der Waals surface area contributed by atoms with Crippen LogP contribution in [-0.4, -0.2) is 6.18 Å². The second-order valence-electron chi connectivity index (χ2n) is 6.30. The van der Waals surface area contributed by atoms with Crippen LogP contribution in [-0.2, 0) is 0 Å². The Morgan fingerprint density at radius 3 is 2.00 bits per heavy atom. The minimum absolute atomic E-state index is 0.164. The quantitative estimate of drug-likeness (QED) is 0.427. The molecule has 0 N–H and O–H groups in total. The first-order valence-electron chi connectivity index (χ1n) is 8.61. The Morgan fingerprint density at radius 1 is 0.704 bits per heavy atom. The molecular weight excluding hydrogens is 345 g/mol. The number of alkyl halides is 3. The van der Waals surface area contributed by atoms with Crippen molar-refractivity contribution in [3.63, 3.8) is 0 Å². The molecular formula is C24H19F3. The van der Waals surface area contributed by atoms with Crippen LogP contribution < -0.4 is 0 Å². The van der Waals surface area contributed by atoms with E-state index < -0.39 is 11.7 Å². The fourth-order valence-electron chi connectivity index (χ4n) is 2.78. The summed E-state index contributed by atoms with van der Waals surface area (Å²) in [7, 11) is 0. The van der Waals surface area contributed by atoms with Gasteiger partial charge in [0.05, 0.1) is 5.57 Å². The lowest BCUT2D eigenvalue weighted by molar-refractivity contribution is -0.0683. The second-order valence-corrected chi connectivity index (χ2v) is 6.30. The predicted octanol–water partition coefficient (Wildman–Crippen LogP) is 7.27. The lowest BCUT2D eigenvalue weighted by Gasteiger charge is -2.15. The zero-order valence-electron chi connectivity index (χ0n) is 14.9. The molecule has 0 saturated heterocycles. The summed E-state index contributed by atoms with van der Waals surface area (Å²) in [6, 6.07) is 23.0. The first-order valence-corrected chi connectivity index (χ1v) is 8.61. The fraction of sp³-hybridized carbons (Fsp3) is 0.0833. The SMILES string of the molecule is Cc1ccc(/C=C\c2ccccc2/C(=C\c2ccccc2)C(F)(F)F)cc1. The van der Waals surface area contributed by atoms with Crippen molar-refractivity contribution in [3.05, 3.63) is 107 Å². The van der Waals surface area contributed by atoms with E-state index in [-0.39, 0.29) is 5.56 Å². The predicted molar refractivity (Wildman–Crippen MR) is 107 cm³/mol. The summed E-state index contributed by atoms with van der Waals surface area (Å²) in [6.07, 6.45) is 0.293. The van der Waals surface area contributed by atoms with Gasteiger partial charge in [0.2, 0.25) is 0 Å². The maximum absolute atomic E-state index is 13.8. The lowest BCUT2D eigenvalue weighted by atomic mass is 9.96. The van der Waals surface area contributed by atoms with Gasteiger partial charge in [0.15, 0.2) is 0 Å². The molecule has 0 spiro atoms. The number of allylic oxidation sites excluding steroid dienone is 1. The van der Waals surface area contributed by atoms with Gasteiger partial charge < -0.3 is 0 Å². The molecule has 0 atom stereocenters. The van der Waals surface area contributed by atoms with Crippen LogP contribution >= 0.6 is 0 Å². The van der Waals surface area contributed by atoms with E-state index in [0.29, 0.717) is 11.1 Å². The third kappa shape index (κ3) is 4.98. The molecule has 0 aliphatic rings. The van der Waals surface area contributed by atoms with Gasteiger partial charge in [0.25, 0.3) is 0 Å². The van der Waals surface area contributed by atoms with Crippen molar-refractivity contribution >= 4 is 23.8 Å². The summed E-state index contributed by atoms with van der Waals surface area (Å²) in [6.45, 7) is 1.99. The van der Waals surface area contributed by atoms with Crippen LogP contribution in [0.25, 0.3) is 23.8 Å². The number of benzene rings is 3. The maximum atomic E-state index is 13.8. The van der Waals surface area contributed by atoms with Gasteiger partial charge >= 0.3 is 6.18 Å². The van der Waals surface area contributed by atoms with Gasteiger partial charge in [-0.05, 0) is 35.3 Å². The largest absolute Gasteiger partial charge is 0.417 e. The lowest BCUT2D eigenvalue weighted by Crippen LogP contribution is -2.11. The van der Waals surface area contributed by atoms with Crippen molar-refractivity contribution in [1.29, 1.82) is 0 Å². The Morgan fingerprint density at radius 2 is 1.33 bits per heavy atom. The van der Waals surface area contributed by atoms with E-state index in [2.05, 4.69) is 0 Å². The Balaban J connectivity index is 2.04. The zero-order valence-corrected chi connectivity index (χ0v) is 14.9. The molecule has 0 fully saturated rings. The van der Waals surface area contributed by atoms with Crippen molar-refractivity contribution in [2.45, 2.75) is 13.1 Å². The molecule has 3 rings (SSSR count). The Labute approximate surface area is 157 Å². The minimum atomic E-state index is -4.45. The van der Waals surface area contributed by atoms with Gasteiger partial charge in [-0.3, -0.25) is 0 Å². The van der Waals surface area contributed by atoms with Crippen molar-refractivity contribution in [2.75, 3.05) is 0 Å². The molecule has 0 radical (unpaired) electrons. The van der Waals surface area contributed by atoms with Crippen molar-refractivity contribution in [2.24, 2.45) is 0 Å². The second kappa shape index (κ2) is 8.09. The van der Waals surface area contributed by atoms with E-state index >= 15 is 0 Å². The van der Waals surface area contributed by atoms with Crippen molar-refractivity contribution in [3.8, 4) is 0 Å². The van der Waals surface area contributed by atoms with Crippen LogP contribution in [0.1, 0.15) is 27.8 Å². The van der Waals surface area contributed by atoms with Crippen molar-refractivity contribution < 1.29 is 13.2 Å². The van der Waals surface area contributed by atoms with E-state index in [1.807, 2.05) is 37.3 Å². The minimum Gasteiger partial charge on any atom is -0.166 e. The van der Waals surface area contributed by atoms with E-state index in [4.69, 9.17) is 0 Å². The van der Waals surface area contributed by atoms with Crippen LogP contribution in [0.2, 0.25) is 0 Å². The summed E-state index contributed by atoms with van der Waals surface area (Å²) in [4.78, 5) is 0. The summed E-state index contributed by atoms with van der Waals surface area (Å²) < 4.78 is 41.4. The molecule has 0 aliphatic heterocycles. The molecule has 0 nitrogen and oxygen atoms in total. The zero-order chi connectivity index (χ0) is 19.3. The standard InChI is InChI=1S/C24H19F3/c1-18-11-13-19(14-12-18)15-16-21-9-5-6-10-22(21)23(24(25,26)27)17-20-7-3-2-4-8-20/h2-17H,1H3/b16-15-,23-17+. The van der Waals surface area contributed by atoms with E-state index in [1.54, 1.807) is 54.6 Å². The molecule has 0 heterocycles. The summed E-state index contributed by atoms with van der Waals surface area (Å²) in [5.41, 5.74) is 2.63. The molecule has 27 heavy (non-hydrogen) atoms. The third-order valence-corrected chi connectivity index (χ3v) is 4.20. The highest BCUT2D eigenvalue weighted by molar-refractivity contribution is 5.89. The van der Waals surface area contributed by atoms with Gasteiger partial charge in [0.1, 0.15) is 0 Å². The van der Waals surface area contributed by atoms with Crippen molar-refractivity contribution in [1.82, 2.24) is 0 Å². The highest BCUT2D eigenvalue weighted by Gasteiger charge is 2.35. The highest BCUT2D eigenvalue weighted by atomic mass is 19.4. The molecule has 3 heteroatoms. The van der Waals surface area contributed by atoms with Crippen LogP contribution in [0.15, 0.2) is 78.9 Å². The molecule has 0 aliphatic carbocycles. The average molecular weight is 364 g/mol. The van der Waals surface area contributed by atoms with Crippen LogP contribution in [0.4, 0.5) is 13.2 Å². The molecule has 3 aromatic rings. The molecule has 0 aromatic heterocycles. The number of rotatable bonds is 4. The third-order valence-electron chi connectivity index (χ3n) is 4.20. The molecule has 0 saturated carbocycles. The topological polar surface area (TPSA) is 0 Å². The number of hydrogen-bond acceptors (Lipinski definition) is 0. The molecule has 3 aromatic carbocycles. The number of halogens is 3.